The van der Waals surface area contributed by atoms with E-state index >= 15 is 0 Å². The van der Waals surface area contributed by atoms with Crippen LogP contribution in [-0.4, -0.2) is 296 Å². The molecule has 0 aromatic rings. The Morgan fingerprint density at radius 1 is 0.444 bits per heavy atom. The van der Waals surface area contributed by atoms with Gasteiger partial charge in [-0.1, -0.05) is 27.7 Å². The van der Waals surface area contributed by atoms with Crippen LogP contribution in [0.5, 0.6) is 0 Å². The molecule has 0 aromatic heterocycles. The van der Waals surface area contributed by atoms with Gasteiger partial charge in [0.05, 0.1) is 39.1 Å². The number of unbranched alkanes of at least 4 members (excludes halogenated alkanes) is 1. The topological polar surface area (TPSA) is 710 Å². The van der Waals surface area contributed by atoms with Crippen LogP contribution in [0.3, 0.4) is 0 Å². The maximum absolute atomic E-state index is 14.4. The van der Waals surface area contributed by atoms with E-state index in [2.05, 4.69) is 76.4 Å². The Kier molecular flexibility index (Phi) is 42.1. The molecule has 2 rings (SSSR count). The number of carbonyl (C=O) groups excluding carboxylic acids is 17. The molecule has 0 aliphatic carbocycles. The summed E-state index contributed by atoms with van der Waals surface area (Å²) in [4.78, 5) is 242. The second-order valence-electron chi connectivity index (χ2n) is 26.9. The van der Waals surface area contributed by atoms with Crippen molar-refractivity contribution < 1.29 is 117 Å². The molecular formula is C64H109N19O24S. The standard InChI is InChI=1S/C64H109N19O24S/c1-30(2)22-38(57(100)72-34(13-16-46(67)89)54(97)75-37(10-6-7-19-65)63(106)82-20-8-11-44(82)60(103)74-36(15-18-49(92)93)55(98)77-40(26-85)51(69)94)71-48(91)24-70-53(96)41(27-86)79-62(105)50(32(5)88)81-56(99)35(14-17-47(68)90)73-61(104)45-12-9-21-83(45)64(107)39(23-31(3)4)76-58(101)42(28-87)78-59(102)43(29-108)80-52(95)33(66)25-84/h30-45,50,84-88,108H,6-29,65-66H2,1-5H3,(H2,67,89)(H2,68,90)(H2,69,94)(H,70,96)(H,71,91)(H,72,100)(H,73,104)(H,74,103)(H,75,97)(H,76,101)(H,77,98)(H,78,102)(H,79,105)(H,80,95)(H,81,99)(H,92,93). The van der Waals surface area contributed by atoms with Crippen LogP contribution in [-0.2, 0) is 86.3 Å². The number of nitrogens with two attached hydrogens (primary N) is 5. The molecule has 2 heterocycles. The number of aliphatic hydroxyl groups is 5. The molecule has 28 N–H and O–H groups in total. The van der Waals surface area contributed by atoms with E-state index in [-0.39, 0.29) is 88.6 Å². The second-order valence-corrected chi connectivity index (χ2v) is 27.3. The number of nitrogens with zero attached hydrogens (tertiary/aromatic N) is 2. The van der Waals surface area contributed by atoms with Gasteiger partial charge in [0.1, 0.15) is 84.6 Å². The number of nitrogens with one attached hydrogen (secondary N) is 12. The number of amides is 17. The van der Waals surface area contributed by atoms with Crippen molar-refractivity contribution in [1.29, 1.82) is 0 Å². The number of aliphatic hydroxyl groups excluding tert-OH is 5. The molecule has 0 saturated carbocycles. The van der Waals surface area contributed by atoms with Crippen LogP contribution in [0, 0.1) is 11.8 Å². The Balaban J connectivity index is 2.30. The molecule has 44 heteroatoms. The van der Waals surface area contributed by atoms with Crippen molar-refractivity contribution in [2.75, 3.05) is 58.4 Å². The van der Waals surface area contributed by atoms with Gasteiger partial charge in [-0.05, 0) is 102 Å². The monoisotopic (exact) mass is 1560 g/mol. The molecule has 2 aliphatic heterocycles. The van der Waals surface area contributed by atoms with E-state index in [9.17, 15) is 117 Å². The molecule has 17 amide bonds. The smallest absolute Gasteiger partial charge is 0.303 e. The third-order valence-electron chi connectivity index (χ3n) is 17.1. The fourth-order valence-electron chi connectivity index (χ4n) is 11.3. The first-order valence-corrected chi connectivity index (χ1v) is 35.9. The number of likely N-dealkylation sites (tertiary alicyclic amines) is 2. The number of carboxylic acid groups (broad SMARTS) is 1. The van der Waals surface area contributed by atoms with Gasteiger partial charge in [0.15, 0.2) is 0 Å². The molecule has 15 unspecified atom stereocenters. The predicted molar refractivity (Wildman–Crippen MR) is 380 cm³/mol. The number of rotatable bonds is 50. The Labute approximate surface area is 627 Å². The summed E-state index contributed by atoms with van der Waals surface area (Å²) in [5.41, 5.74) is 27.3. The van der Waals surface area contributed by atoms with Crippen molar-refractivity contribution in [3.8, 4) is 0 Å². The molecule has 0 spiro atoms. The molecule has 0 radical (unpaired) electrons. The Morgan fingerprint density at radius 3 is 1.30 bits per heavy atom. The van der Waals surface area contributed by atoms with Crippen LogP contribution < -0.4 is 92.5 Å². The zero-order chi connectivity index (χ0) is 81.8. The Morgan fingerprint density at radius 2 is 0.843 bits per heavy atom. The molecular weight excluding hydrogens is 1450 g/mol. The highest BCUT2D eigenvalue weighted by atomic mass is 32.1. The van der Waals surface area contributed by atoms with Gasteiger partial charge in [-0.3, -0.25) is 86.3 Å². The summed E-state index contributed by atoms with van der Waals surface area (Å²) in [6.45, 7) is 3.05. The van der Waals surface area contributed by atoms with E-state index in [1.807, 2.05) is 0 Å². The largest absolute Gasteiger partial charge is 0.481 e. The van der Waals surface area contributed by atoms with Crippen molar-refractivity contribution in [3.05, 3.63) is 0 Å². The van der Waals surface area contributed by atoms with Crippen LogP contribution in [0.2, 0.25) is 0 Å². The van der Waals surface area contributed by atoms with Crippen LogP contribution >= 0.6 is 12.6 Å². The highest BCUT2D eigenvalue weighted by molar-refractivity contribution is 7.80. The van der Waals surface area contributed by atoms with Crippen LogP contribution in [0.4, 0.5) is 0 Å². The van der Waals surface area contributed by atoms with Crippen molar-refractivity contribution in [3.63, 3.8) is 0 Å². The Hall–Kier alpha value is -9.47. The van der Waals surface area contributed by atoms with Crippen molar-refractivity contribution in [1.82, 2.24) is 73.6 Å². The maximum atomic E-state index is 14.4. The van der Waals surface area contributed by atoms with Crippen LogP contribution in [0.1, 0.15) is 131 Å². The fraction of sp³-hybridized carbons (Fsp3) is 0.719. The minimum atomic E-state index is -1.98. The van der Waals surface area contributed by atoms with Crippen LogP contribution in [0.15, 0.2) is 0 Å². The summed E-state index contributed by atoms with van der Waals surface area (Å²) < 4.78 is 0. The lowest BCUT2D eigenvalue weighted by Crippen LogP contribution is -2.62. The van der Waals surface area contributed by atoms with Crippen molar-refractivity contribution >= 4 is 119 Å². The molecule has 0 aromatic carbocycles. The molecule has 108 heavy (non-hydrogen) atoms. The zero-order valence-electron chi connectivity index (χ0n) is 61.0. The predicted octanol–water partition coefficient (Wildman–Crippen LogP) is -11.9. The number of carbonyl (C=O) groups is 18. The van der Waals surface area contributed by atoms with E-state index in [0.29, 0.717) is 6.42 Å². The minimum Gasteiger partial charge on any atom is -0.481 e. The van der Waals surface area contributed by atoms with Crippen LogP contribution in [0.25, 0.3) is 0 Å². The summed E-state index contributed by atoms with van der Waals surface area (Å²) in [6, 6.07) is -21.8. The third kappa shape index (κ3) is 32.2. The van der Waals surface area contributed by atoms with Crippen molar-refractivity contribution in [2.45, 2.75) is 222 Å². The summed E-state index contributed by atoms with van der Waals surface area (Å²) in [7, 11) is 0. The SMILES string of the molecule is CC(C)CC(NC(=O)CNC(=O)C(CO)NC(=O)C(NC(=O)C(CCC(N)=O)NC(=O)C1CCCN1C(=O)C(CC(C)C)NC(=O)C(CO)NC(=O)C(CS)NC(=O)C(N)CO)C(C)O)C(=O)NC(CCC(N)=O)C(=O)NC(CCCCN)C(=O)N1CCCC1C(=O)NC(CCC(=O)O)C(=O)NC(CO)C(N)=O. The number of hydrogen-bond acceptors (Lipinski definition) is 26. The molecule has 0 bridgehead atoms. The quantitative estimate of drug-likeness (QED) is 0.0199. The number of primary amides is 3. The highest BCUT2D eigenvalue weighted by Crippen LogP contribution is 2.23. The fourth-order valence-corrected chi connectivity index (χ4v) is 11.6. The Bertz CT molecular complexity index is 3150. The van der Waals surface area contributed by atoms with Gasteiger partial charge in [-0.2, -0.15) is 12.6 Å². The summed E-state index contributed by atoms with van der Waals surface area (Å²) in [5, 5.41) is 87.3. The average molecular weight is 1560 g/mol. The maximum Gasteiger partial charge on any atom is 0.303 e. The average Bonchev–Trinajstić information content (AvgIpc) is 1.62. The second kappa shape index (κ2) is 48.0. The number of thiol groups is 1. The van der Waals surface area contributed by atoms with Crippen molar-refractivity contribution in [2.24, 2.45) is 40.5 Å². The van der Waals surface area contributed by atoms with Gasteiger partial charge in [0, 0.05) is 38.1 Å². The van der Waals surface area contributed by atoms with Gasteiger partial charge >= 0.3 is 5.97 Å². The van der Waals surface area contributed by atoms with E-state index in [4.69, 9.17) is 28.7 Å². The lowest BCUT2D eigenvalue weighted by atomic mass is 10.0. The molecule has 43 nitrogen and oxygen atoms in total. The highest BCUT2D eigenvalue weighted by Gasteiger charge is 2.43. The zero-order valence-corrected chi connectivity index (χ0v) is 61.9. The molecule has 2 fully saturated rings. The van der Waals surface area contributed by atoms with Gasteiger partial charge in [0.25, 0.3) is 0 Å². The summed E-state index contributed by atoms with van der Waals surface area (Å²) >= 11 is 4.04. The third-order valence-corrected chi connectivity index (χ3v) is 17.5. The lowest BCUT2D eigenvalue weighted by molar-refractivity contribution is -0.143. The van der Waals surface area contributed by atoms with Gasteiger partial charge in [-0.15, -0.1) is 0 Å². The van der Waals surface area contributed by atoms with Gasteiger partial charge < -0.3 is 133 Å². The van der Waals surface area contributed by atoms with Gasteiger partial charge in [0.2, 0.25) is 100 Å². The summed E-state index contributed by atoms with van der Waals surface area (Å²) in [5.74, 6) is -19.6. The summed E-state index contributed by atoms with van der Waals surface area (Å²) in [6.07, 6.45) is -4.11. The normalized spacial score (nSPS) is 17.7. The number of aliphatic carboxylic acids is 1. The number of carboxylic acids is 1. The molecule has 15 atom stereocenters. The van der Waals surface area contributed by atoms with E-state index in [1.165, 1.54) is 0 Å². The lowest BCUT2D eigenvalue weighted by Gasteiger charge is -2.31. The molecule has 610 valence electrons. The first-order chi connectivity index (χ1) is 50.8. The van der Waals surface area contributed by atoms with E-state index in [1.54, 1.807) is 27.7 Å². The van der Waals surface area contributed by atoms with Gasteiger partial charge in [-0.25, -0.2) is 0 Å². The first-order valence-electron chi connectivity index (χ1n) is 35.3. The van der Waals surface area contributed by atoms with E-state index in [0.717, 1.165) is 16.7 Å². The first kappa shape index (κ1) is 94.6. The molecule has 2 aliphatic rings. The number of hydrogen-bond donors (Lipinski definition) is 24. The molecule has 2 saturated heterocycles. The van der Waals surface area contributed by atoms with E-state index < -0.39 is 269 Å². The minimum absolute atomic E-state index is 0.00285.